The molecule has 1 heterocycles. The third-order valence-electron chi connectivity index (χ3n) is 1.95. The van der Waals surface area contributed by atoms with E-state index < -0.39 is 0 Å². The third kappa shape index (κ3) is 3.93. The van der Waals surface area contributed by atoms with Crippen LogP contribution in [0.15, 0.2) is 12.4 Å². The Labute approximate surface area is 95.0 Å². The molecule has 80 valence electrons. The van der Waals surface area contributed by atoms with Crippen LogP contribution in [0, 0.1) is 5.92 Å². The lowest BCUT2D eigenvalue weighted by atomic mass is 10.3. The molecule has 14 heavy (non-hydrogen) atoms. The van der Waals surface area contributed by atoms with Crippen LogP contribution in [0.2, 0.25) is 0 Å². The van der Waals surface area contributed by atoms with Gasteiger partial charge in [0.15, 0.2) is 0 Å². The molecule has 1 aromatic rings. The number of thioether (sulfide) groups is 1. The monoisotopic (exact) mass is 232 g/mol. The number of hydrogen-bond acceptors (Lipinski definition) is 2. The van der Waals surface area contributed by atoms with Crippen molar-refractivity contribution in [1.82, 2.24) is 9.78 Å². The highest BCUT2D eigenvalue weighted by molar-refractivity contribution is 7.98. The van der Waals surface area contributed by atoms with E-state index in [9.17, 15) is 0 Å². The Morgan fingerprint density at radius 2 is 2.43 bits per heavy atom. The number of hydrogen-bond donors (Lipinski definition) is 0. The second kappa shape index (κ2) is 6.36. The van der Waals surface area contributed by atoms with Gasteiger partial charge in [0, 0.05) is 24.4 Å². The molecule has 0 aliphatic heterocycles. The summed E-state index contributed by atoms with van der Waals surface area (Å²) in [4.78, 5) is 0. The summed E-state index contributed by atoms with van der Waals surface area (Å²) >= 11 is 7.66. The van der Waals surface area contributed by atoms with E-state index in [1.807, 2.05) is 22.6 Å². The van der Waals surface area contributed by atoms with E-state index in [4.69, 9.17) is 11.6 Å². The van der Waals surface area contributed by atoms with E-state index in [0.29, 0.717) is 5.92 Å². The maximum absolute atomic E-state index is 5.73. The molecule has 0 N–H and O–H groups in total. The molecule has 0 amide bonds. The summed E-state index contributed by atoms with van der Waals surface area (Å²) in [5.74, 6) is 3.52. The predicted molar refractivity (Wildman–Crippen MR) is 63.9 cm³/mol. The highest BCUT2D eigenvalue weighted by atomic mass is 35.5. The lowest BCUT2D eigenvalue weighted by Crippen LogP contribution is -1.99. The van der Waals surface area contributed by atoms with Crippen molar-refractivity contribution in [1.29, 1.82) is 0 Å². The van der Waals surface area contributed by atoms with Crippen LogP contribution < -0.4 is 0 Å². The topological polar surface area (TPSA) is 17.8 Å². The normalized spacial score (nSPS) is 13.1. The summed E-state index contributed by atoms with van der Waals surface area (Å²) < 4.78 is 1.96. The van der Waals surface area contributed by atoms with Gasteiger partial charge in [0.1, 0.15) is 0 Å². The lowest BCUT2D eigenvalue weighted by molar-refractivity contribution is 0.659. The Morgan fingerprint density at radius 1 is 1.64 bits per heavy atom. The van der Waals surface area contributed by atoms with E-state index >= 15 is 0 Å². The average molecular weight is 233 g/mol. The minimum atomic E-state index is 0.600. The largest absolute Gasteiger partial charge is 0.273 e. The van der Waals surface area contributed by atoms with Crippen molar-refractivity contribution in [3.63, 3.8) is 0 Å². The molecule has 0 aromatic carbocycles. The van der Waals surface area contributed by atoms with Gasteiger partial charge in [-0.3, -0.25) is 4.68 Å². The van der Waals surface area contributed by atoms with Crippen molar-refractivity contribution in [3.8, 4) is 0 Å². The second-order valence-electron chi connectivity index (χ2n) is 3.48. The van der Waals surface area contributed by atoms with Gasteiger partial charge in [0.2, 0.25) is 0 Å². The molecule has 0 aliphatic rings. The molecule has 1 rings (SSSR count). The Kier molecular flexibility index (Phi) is 5.41. The van der Waals surface area contributed by atoms with Crippen LogP contribution in [-0.4, -0.2) is 21.4 Å². The molecule has 1 unspecified atom stereocenters. The third-order valence-corrected chi connectivity index (χ3v) is 3.81. The first kappa shape index (κ1) is 11.9. The standard InChI is InChI=1S/C10H17ClN2S/c1-3-13-6-10(5-12-13)8-14-7-9(2)4-11/h5-6,9H,3-4,7-8H2,1-2H3. The molecular weight excluding hydrogens is 216 g/mol. The molecule has 0 bridgehead atoms. The number of aryl methyl sites for hydroxylation is 1. The van der Waals surface area contributed by atoms with Gasteiger partial charge >= 0.3 is 0 Å². The number of aromatic nitrogens is 2. The van der Waals surface area contributed by atoms with E-state index in [1.165, 1.54) is 5.56 Å². The van der Waals surface area contributed by atoms with Crippen LogP contribution in [0.25, 0.3) is 0 Å². The van der Waals surface area contributed by atoms with Gasteiger partial charge in [-0.15, -0.1) is 11.6 Å². The van der Waals surface area contributed by atoms with Gasteiger partial charge in [-0.05, 0) is 24.2 Å². The molecule has 0 radical (unpaired) electrons. The van der Waals surface area contributed by atoms with E-state index in [2.05, 4.69) is 25.1 Å². The zero-order valence-electron chi connectivity index (χ0n) is 8.74. The van der Waals surface area contributed by atoms with Crippen LogP contribution in [0.3, 0.4) is 0 Å². The molecule has 0 fully saturated rings. The van der Waals surface area contributed by atoms with Crippen LogP contribution in [0.5, 0.6) is 0 Å². The van der Waals surface area contributed by atoms with E-state index in [1.54, 1.807) is 0 Å². The summed E-state index contributed by atoms with van der Waals surface area (Å²) in [6.45, 7) is 5.22. The summed E-state index contributed by atoms with van der Waals surface area (Å²) in [5.41, 5.74) is 1.30. The van der Waals surface area contributed by atoms with Gasteiger partial charge in [-0.1, -0.05) is 6.92 Å². The molecule has 0 spiro atoms. The molecule has 0 saturated heterocycles. The summed E-state index contributed by atoms with van der Waals surface area (Å²) in [6, 6.07) is 0. The first-order valence-electron chi connectivity index (χ1n) is 4.91. The van der Waals surface area contributed by atoms with Gasteiger partial charge in [-0.2, -0.15) is 16.9 Å². The Hall–Kier alpha value is -0.150. The molecular formula is C10H17ClN2S. The fourth-order valence-electron chi connectivity index (χ4n) is 1.08. The summed E-state index contributed by atoms with van der Waals surface area (Å²) in [5, 5.41) is 4.23. The lowest BCUT2D eigenvalue weighted by Gasteiger charge is -2.04. The Balaban J connectivity index is 2.24. The minimum absolute atomic E-state index is 0.600. The fourth-order valence-corrected chi connectivity index (χ4v) is 2.34. The second-order valence-corrected chi connectivity index (χ2v) is 4.82. The average Bonchev–Trinajstić information content (AvgIpc) is 2.65. The zero-order valence-corrected chi connectivity index (χ0v) is 10.3. The minimum Gasteiger partial charge on any atom is -0.273 e. The summed E-state index contributed by atoms with van der Waals surface area (Å²) in [7, 11) is 0. The molecule has 1 aromatic heterocycles. The number of alkyl halides is 1. The molecule has 1 atom stereocenters. The van der Waals surface area contributed by atoms with Crippen molar-refractivity contribution >= 4 is 23.4 Å². The van der Waals surface area contributed by atoms with Crippen molar-refractivity contribution in [3.05, 3.63) is 18.0 Å². The van der Waals surface area contributed by atoms with Crippen molar-refractivity contribution < 1.29 is 0 Å². The van der Waals surface area contributed by atoms with Gasteiger partial charge in [0.25, 0.3) is 0 Å². The number of rotatable bonds is 6. The van der Waals surface area contributed by atoms with Crippen molar-refractivity contribution in [2.24, 2.45) is 5.92 Å². The van der Waals surface area contributed by atoms with E-state index in [0.717, 1.165) is 23.9 Å². The van der Waals surface area contributed by atoms with E-state index in [-0.39, 0.29) is 0 Å². The maximum atomic E-state index is 5.73. The van der Waals surface area contributed by atoms with Crippen LogP contribution in [0.4, 0.5) is 0 Å². The molecule has 2 nitrogen and oxygen atoms in total. The smallest absolute Gasteiger partial charge is 0.0530 e. The van der Waals surface area contributed by atoms with Crippen LogP contribution >= 0.6 is 23.4 Å². The van der Waals surface area contributed by atoms with Crippen LogP contribution in [-0.2, 0) is 12.3 Å². The highest BCUT2D eigenvalue weighted by Gasteiger charge is 2.01. The molecule has 0 saturated carbocycles. The van der Waals surface area contributed by atoms with Crippen molar-refractivity contribution in [2.45, 2.75) is 26.1 Å². The number of nitrogens with zero attached hydrogens (tertiary/aromatic N) is 2. The highest BCUT2D eigenvalue weighted by Crippen LogP contribution is 2.15. The van der Waals surface area contributed by atoms with Crippen LogP contribution in [0.1, 0.15) is 19.4 Å². The number of halogens is 1. The first-order valence-corrected chi connectivity index (χ1v) is 6.60. The van der Waals surface area contributed by atoms with Gasteiger partial charge < -0.3 is 0 Å². The first-order chi connectivity index (χ1) is 6.76. The molecule has 0 aliphatic carbocycles. The van der Waals surface area contributed by atoms with Crippen molar-refractivity contribution in [2.75, 3.05) is 11.6 Å². The quantitative estimate of drug-likeness (QED) is 0.702. The SMILES string of the molecule is CCn1cc(CSCC(C)CCl)cn1. The van der Waals surface area contributed by atoms with Gasteiger partial charge in [-0.25, -0.2) is 0 Å². The van der Waals surface area contributed by atoms with Gasteiger partial charge in [0.05, 0.1) is 6.20 Å². The maximum Gasteiger partial charge on any atom is 0.0530 e. The summed E-state index contributed by atoms with van der Waals surface area (Å²) in [6.07, 6.45) is 4.06. The Bertz CT molecular complexity index is 262. The zero-order chi connectivity index (χ0) is 10.4. The molecule has 4 heteroatoms. The predicted octanol–water partition coefficient (Wildman–Crippen LogP) is 3.01. The Morgan fingerprint density at radius 3 is 3.00 bits per heavy atom. The fraction of sp³-hybridized carbons (Fsp3) is 0.700.